The summed E-state index contributed by atoms with van der Waals surface area (Å²) in [6, 6.07) is 1.92. The number of likely N-dealkylation sites (tertiary alicyclic amines) is 1. The maximum absolute atomic E-state index is 10.7. The van der Waals surface area contributed by atoms with E-state index in [0.29, 0.717) is 6.54 Å². The molecule has 1 atom stereocenters. The van der Waals surface area contributed by atoms with E-state index in [-0.39, 0.29) is 12.5 Å². The minimum Gasteiger partial charge on any atom is -0.481 e. The molecular formula is C11H15N3O2. The number of aliphatic carboxylic acids is 1. The monoisotopic (exact) mass is 221 g/mol. The molecule has 1 saturated heterocycles. The molecule has 0 aliphatic carbocycles. The smallest absolute Gasteiger partial charge is 0.304 e. The van der Waals surface area contributed by atoms with Gasteiger partial charge in [0.1, 0.15) is 5.82 Å². The van der Waals surface area contributed by atoms with Gasteiger partial charge in [0.05, 0.1) is 13.0 Å². The molecule has 1 aromatic rings. The number of hydrogen-bond acceptors (Lipinski definition) is 4. The van der Waals surface area contributed by atoms with Crippen molar-refractivity contribution in [1.82, 2.24) is 14.9 Å². The van der Waals surface area contributed by atoms with Crippen LogP contribution in [0.25, 0.3) is 0 Å². The number of carboxylic acids is 1. The Morgan fingerprint density at radius 2 is 2.25 bits per heavy atom. The van der Waals surface area contributed by atoms with Crippen molar-refractivity contribution in [2.24, 2.45) is 0 Å². The molecule has 16 heavy (non-hydrogen) atoms. The Hall–Kier alpha value is -1.49. The van der Waals surface area contributed by atoms with Gasteiger partial charge in [-0.3, -0.25) is 9.69 Å². The van der Waals surface area contributed by atoms with Gasteiger partial charge >= 0.3 is 5.97 Å². The summed E-state index contributed by atoms with van der Waals surface area (Å²) in [6.45, 7) is 1.59. The highest BCUT2D eigenvalue weighted by atomic mass is 16.4. The van der Waals surface area contributed by atoms with Gasteiger partial charge in [-0.25, -0.2) is 9.97 Å². The van der Waals surface area contributed by atoms with Crippen LogP contribution in [0.15, 0.2) is 18.5 Å². The van der Waals surface area contributed by atoms with Gasteiger partial charge in [0.2, 0.25) is 0 Å². The second kappa shape index (κ2) is 5.03. The quantitative estimate of drug-likeness (QED) is 0.818. The van der Waals surface area contributed by atoms with Crippen molar-refractivity contribution in [3.8, 4) is 0 Å². The highest BCUT2D eigenvalue weighted by molar-refractivity contribution is 5.67. The van der Waals surface area contributed by atoms with E-state index in [0.717, 1.165) is 25.2 Å². The maximum atomic E-state index is 10.7. The summed E-state index contributed by atoms with van der Waals surface area (Å²) in [5.41, 5.74) is 0. The van der Waals surface area contributed by atoms with Gasteiger partial charge in [-0.05, 0) is 25.5 Å². The van der Waals surface area contributed by atoms with E-state index < -0.39 is 5.97 Å². The highest BCUT2D eigenvalue weighted by Gasteiger charge is 2.26. The Morgan fingerprint density at radius 3 is 2.94 bits per heavy atom. The largest absolute Gasteiger partial charge is 0.481 e. The van der Waals surface area contributed by atoms with Crippen molar-refractivity contribution in [2.75, 3.05) is 6.54 Å². The molecule has 0 radical (unpaired) electrons. The Morgan fingerprint density at radius 1 is 1.50 bits per heavy atom. The summed E-state index contributed by atoms with van der Waals surface area (Å²) in [5.74, 6) is 0.0330. The van der Waals surface area contributed by atoms with Gasteiger partial charge < -0.3 is 5.11 Å². The molecule has 5 nitrogen and oxygen atoms in total. The third kappa shape index (κ3) is 2.76. The predicted molar refractivity (Wildman–Crippen MR) is 57.7 cm³/mol. The normalized spacial score (nSPS) is 21.1. The second-order valence-electron chi connectivity index (χ2n) is 4.03. The molecule has 0 amide bonds. The third-order valence-corrected chi connectivity index (χ3v) is 2.87. The first kappa shape index (κ1) is 11.0. The molecule has 0 saturated carbocycles. The first-order valence-electron chi connectivity index (χ1n) is 5.47. The van der Waals surface area contributed by atoms with E-state index in [4.69, 9.17) is 5.11 Å². The lowest BCUT2D eigenvalue weighted by atomic mass is 10.1. The number of carboxylic acid groups (broad SMARTS) is 1. The van der Waals surface area contributed by atoms with Crippen LogP contribution >= 0.6 is 0 Å². The van der Waals surface area contributed by atoms with Crippen LogP contribution in [0, 0.1) is 0 Å². The number of nitrogens with zero attached hydrogens (tertiary/aromatic N) is 3. The summed E-state index contributed by atoms with van der Waals surface area (Å²) in [4.78, 5) is 21.2. The van der Waals surface area contributed by atoms with Crippen LogP contribution in [0.3, 0.4) is 0 Å². The fraction of sp³-hybridized carbons (Fsp3) is 0.545. The fourth-order valence-corrected chi connectivity index (χ4v) is 2.13. The van der Waals surface area contributed by atoms with Crippen LogP contribution in [0.5, 0.6) is 0 Å². The number of aromatic nitrogens is 2. The molecule has 2 rings (SSSR count). The zero-order valence-electron chi connectivity index (χ0n) is 9.04. The van der Waals surface area contributed by atoms with Gasteiger partial charge in [-0.15, -0.1) is 0 Å². The Bertz CT molecular complexity index is 356. The van der Waals surface area contributed by atoms with Crippen molar-refractivity contribution in [1.29, 1.82) is 0 Å². The van der Waals surface area contributed by atoms with E-state index in [2.05, 4.69) is 14.9 Å². The summed E-state index contributed by atoms with van der Waals surface area (Å²) >= 11 is 0. The molecule has 2 heterocycles. The predicted octanol–water partition coefficient (Wildman–Crippen LogP) is 0.916. The van der Waals surface area contributed by atoms with Gasteiger partial charge in [0, 0.05) is 18.4 Å². The first-order valence-corrected chi connectivity index (χ1v) is 5.47. The minimum atomic E-state index is -0.731. The number of hydrogen-bond donors (Lipinski definition) is 1. The molecule has 1 fully saturated rings. The van der Waals surface area contributed by atoms with Crippen molar-refractivity contribution >= 4 is 5.97 Å². The van der Waals surface area contributed by atoms with Gasteiger partial charge in [0.15, 0.2) is 0 Å². The molecule has 0 aromatic carbocycles. The summed E-state index contributed by atoms with van der Waals surface area (Å²) in [7, 11) is 0. The van der Waals surface area contributed by atoms with Gasteiger partial charge in [-0.1, -0.05) is 0 Å². The second-order valence-corrected chi connectivity index (χ2v) is 4.03. The molecule has 0 spiro atoms. The van der Waals surface area contributed by atoms with E-state index in [1.807, 2.05) is 0 Å². The molecule has 5 heteroatoms. The summed E-state index contributed by atoms with van der Waals surface area (Å²) < 4.78 is 0. The zero-order valence-corrected chi connectivity index (χ0v) is 9.04. The van der Waals surface area contributed by atoms with Crippen LogP contribution < -0.4 is 0 Å². The Kier molecular flexibility index (Phi) is 3.46. The standard InChI is InChI=1S/C11H15N3O2/c15-11(16)7-9-3-1-6-14(9)8-10-12-4-2-5-13-10/h2,4-5,9H,1,3,6-8H2,(H,15,16). The lowest BCUT2D eigenvalue weighted by molar-refractivity contribution is -0.138. The molecule has 1 aliphatic rings. The molecule has 1 unspecified atom stereocenters. The van der Waals surface area contributed by atoms with E-state index >= 15 is 0 Å². The molecule has 1 N–H and O–H groups in total. The van der Waals surface area contributed by atoms with Crippen molar-refractivity contribution in [2.45, 2.75) is 31.8 Å². The van der Waals surface area contributed by atoms with Crippen LogP contribution in [0.2, 0.25) is 0 Å². The topological polar surface area (TPSA) is 66.3 Å². The van der Waals surface area contributed by atoms with Crippen LogP contribution in [0.4, 0.5) is 0 Å². The van der Waals surface area contributed by atoms with Crippen LogP contribution in [-0.4, -0.2) is 38.5 Å². The molecular weight excluding hydrogens is 206 g/mol. The van der Waals surface area contributed by atoms with Crippen molar-refractivity contribution < 1.29 is 9.90 Å². The molecule has 0 bridgehead atoms. The van der Waals surface area contributed by atoms with Crippen molar-refractivity contribution in [3.05, 3.63) is 24.3 Å². The number of carbonyl (C=O) groups is 1. The Labute approximate surface area is 94.1 Å². The average Bonchev–Trinajstić information content (AvgIpc) is 2.66. The lowest BCUT2D eigenvalue weighted by Gasteiger charge is -2.21. The molecule has 86 valence electrons. The van der Waals surface area contributed by atoms with Crippen LogP contribution in [0.1, 0.15) is 25.1 Å². The van der Waals surface area contributed by atoms with Crippen LogP contribution in [-0.2, 0) is 11.3 Å². The number of rotatable bonds is 4. The van der Waals surface area contributed by atoms with E-state index in [1.165, 1.54) is 0 Å². The molecule has 1 aliphatic heterocycles. The average molecular weight is 221 g/mol. The molecule has 1 aromatic heterocycles. The zero-order chi connectivity index (χ0) is 11.4. The minimum absolute atomic E-state index is 0.140. The fourth-order valence-electron chi connectivity index (χ4n) is 2.13. The van der Waals surface area contributed by atoms with Gasteiger partial charge in [0.25, 0.3) is 0 Å². The summed E-state index contributed by atoms with van der Waals surface area (Å²) in [5, 5.41) is 8.80. The highest BCUT2D eigenvalue weighted by Crippen LogP contribution is 2.21. The van der Waals surface area contributed by atoms with E-state index in [9.17, 15) is 4.79 Å². The lowest BCUT2D eigenvalue weighted by Crippen LogP contribution is -2.31. The van der Waals surface area contributed by atoms with E-state index in [1.54, 1.807) is 18.5 Å². The van der Waals surface area contributed by atoms with Gasteiger partial charge in [-0.2, -0.15) is 0 Å². The Balaban J connectivity index is 1.96. The third-order valence-electron chi connectivity index (χ3n) is 2.87. The van der Waals surface area contributed by atoms with Crippen molar-refractivity contribution in [3.63, 3.8) is 0 Å². The first-order chi connectivity index (χ1) is 7.75. The SMILES string of the molecule is O=C(O)CC1CCCN1Cc1ncccn1. The summed E-state index contributed by atoms with van der Waals surface area (Å²) in [6.07, 6.45) is 5.66. The maximum Gasteiger partial charge on any atom is 0.304 e.